The predicted octanol–water partition coefficient (Wildman–Crippen LogP) is 7.02. The van der Waals surface area contributed by atoms with Crippen molar-refractivity contribution in [2.75, 3.05) is 24.6 Å². The van der Waals surface area contributed by atoms with Gasteiger partial charge in [-0.2, -0.15) is 0 Å². The summed E-state index contributed by atoms with van der Waals surface area (Å²) in [5.74, 6) is -0.300. The predicted molar refractivity (Wildman–Crippen MR) is 149 cm³/mol. The van der Waals surface area contributed by atoms with Crippen molar-refractivity contribution in [3.8, 4) is 17.0 Å². The van der Waals surface area contributed by atoms with Crippen LogP contribution >= 0.6 is 11.6 Å². The van der Waals surface area contributed by atoms with Crippen molar-refractivity contribution in [2.24, 2.45) is 11.3 Å². The molecule has 0 amide bonds. The molecule has 3 heterocycles. The van der Waals surface area contributed by atoms with Gasteiger partial charge in [-0.05, 0) is 64.9 Å². The van der Waals surface area contributed by atoms with E-state index < -0.39 is 17.7 Å². The number of ether oxygens (including phenoxy) is 2. The van der Waals surface area contributed by atoms with Gasteiger partial charge in [0.2, 0.25) is 5.88 Å². The van der Waals surface area contributed by atoms with Crippen molar-refractivity contribution in [3.63, 3.8) is 0 Å². The molecule has 1 saturated heterocycles. The van der Waals surface area contributed by atoms with Gasteiger partial charge in [0.05, 0.1) is 17.9 Å². The smallest absolute Gasteiger partial charge is 0.337 e. The molecule has 1 aliphatic heterocycles. The highest BCUT2D eigenvalue weighted by Crippen LogP contribution is 2.44. The van der Waals surface area contributed by atoms with Crippen molar-refractivity contribution in [2.45, 2.75) is 86.9 Å². The number of carbonyl (C=O) groups is 1. The summed E-state index contributed by atoms with van der Waals surface area (Å²) in [7, 11) is 0. The fraction of sp³-hybridized carbons (Fsp3) is 0.621. The van der Waals surface area contributed by atoms with E-state index in [2.05, 4.69) is 42.6 Å². The van der Waals surface area contributed by atoms with E-state index in [1.54, 1.807) is 6.20 Å². The third-order valence-corrected chi connectivity index (χ3v) is 6.93. The zero-order valence-electron chi connectivity index (χ0n) is 23.7. The molecule has 0 radical (unpaired) electrons. The lowest BCUT2D eigenvalue weighted by Crippen LogP contribution is -2.39. The first-order valence-electron chi connectivity index (χ1n) is 13.0. The molecule has 1 aliphatic rings. The van der Waals surface area contributed by atoms with Crippen LogP contribution in [0.4, 0.5) is 5.69 Å². The summed E-state index contributed by atoms with van der Waals surface area (Å²) in [4.78, 5) is 24.2. The van der Waals surface area contributed by atoms with Crippen LogP contribution in [0.2, 0.25) is 5.02 Å². The number of aliphatic carboxylic acids is 1. The molecule has 0 aliphatic carbocycles. The molecular formula is C29H42ClN3O4. The van der Waals surface area contributed by atoms with Gasteiger partial charge in [0.15, 0.2) is 6.10 Å². The Balaban J connectivity index is 2.24. The average Bonchev–Trinajstić information content (AvgIpc) is 2.77. The molecule has 0 unspecified atom stereocenters. The Morgan fingerprint density at radius 3 is 2.32 bits per heavy atom. The van der Waals surface area contributed by atoms with Gasteiger partial charge in [0, 0.05) is 47.4 Å². The first-order valence-corrected chi connectivity index (χ1v) is 13.4. The molecule has 204 valence electrons. The molecule has 1 atom stereocenters. The van der Waals surface area contributed by atoms with Gasteiger partial charge in [-0.3, -0.25) is 4.98 Å². The zero-order chi connectivity index (χ0) is 27.7. The van der Waals surface area contributed by atoms with Crippen LogP contribution in [0.15, 0.2) is 12.3 Å². The minimum absolute atomic E-state index is 0.225. The van der Waals surface area contributed by atoms with Gasteiger partial charge in [0.1, 0.15) is 5.02 Å². The van der Waals surface area contributed by atoms with Crippen LogP contribution in [0.25, 0.3) is 11.1 Å². The topological polar surface area (TPSA) is 84.8 Å². The Kier molecular flexibility index (Phi) is 8.80. The highest BCUT2D eigenvalue weighted by atomic mass is 35.5. The van der Waals surface area contributed by atoms with Gasteiger partial charge < -0.3 is 19.5 Å². The number of carboxylic acids is 1. The van der Waals surface area contributed by atoms with Crippen molar-refractivity contribution < 1.29 is 19.4 Å². The van der Waals surface area contributed by atoms with Crippen molar-refractivity contribution in [1.82, 2.24) is 9.97 Å². The molecule has 0 aromatic carbocycles. The van der Waals surface area contributed by atoms with E-state index >= 15 is 0 Å². The zero-order valence-corrected chi connectivity index (χ0v) is 24.5. The first-order chi connectivity index (χ1) is 17.1. The maximum absolute atomic E-state index is 12.6. The number of nitrogens with zero attached hydrogens (tertiary/aromatic N) is 3. The minimum Gasteiger partial charge on any atom is -0.479 e. The number of hydrogen-bond donors (Lipinski definition) is 1. The van der Waals surface area contributed by atoms with Crippen LogP contribution in [-0.2, 0) is 9.53 Å². The summed E-state index contributed by atoms with van der Waals surface area (Å²) >= 11 is 6.64. The number of anilines is 1. The number of halogens is 1. The summed E-state index contributed by atoms with van der Waals surface area (Å²) in [5, 5.41) is 10.7. The number of piperidine rings is 1. The minimum atomic E-state index is -1.17. The number of hydrogen-bond acceptors (Lipinski definition) is 6. The third kappa shape index (κ3) is 7.14. The van der Waals surface area contributed by atoms with Crippen LogP contribution in [0.1, 0.15) is 84.4 Å². The van der Waals surface area contributed by atoms with E-state index in [4.69, 9.17) is 21.1 Å². The van der Waals surface area contributed by atoms with Crippen molar-refractivity contribution in [1.29, 1.82) is 0 Å². The Morgan fingerprint density at radius 1 is 1.16 bits per heavy atom. The molecule has 0 saturated carbocycles. The van der Waals surface area contributed by atoms with E-state index in [1.807, 2.05) is 40.7 Å². The quantitative estimate of drug-likeness (QED) is 0.392. The van der Waals surface area contributed by atoms with Crippen LogP contribution in [0, 0.1) is 25.2 Å². The number of aromatic nitrogens is 2. The van der Waals surface area contributed by atoms with E-state index in [0.29, 0.717) is 34.7 Å². The lowest BCUT2D eigenvalue weighted by Gasteiger charge is -2.41. The molecule has 0 bridgehead atoms. The first kappa shape index (κ1) is 29.2. The van der Waals surface area contributed by atoms with Gasteiger partial charge in [-0.1, -0.05) is 39.3 Å². The van der Waals surface area contributed by atoms with Crippen LogP contribution in [-0.4, -0.2) is 46.3 Å². The van der Waals surface area contributed by atoms with Gasteiger partial charge in [-0.25, -0.2) is 9.78 Å². The molecule has 1 N–H and O–H groups in total. The van der Waals surface area contributed by atoms with E-state index in [1.165, 1.54) is 0 Å². The molecule has 0 spiro atoms. The molecule has 7 nitrogen and oxygen atoms in total. The van der Waals surface area contributed by atoms with Gasteiger partial charge in [-0.15, -0.1) is 0 Å². The van der Waals surface area contributed by atoms with Crippen molar-refractivity contribution >= 4 is 23.3 Å². The van der Waals surface area contributed by atoms with E-state index in [-0.39, 0.29) is 5.41 Å². The summed E-state index contributed by atoms with van der Waals surface area (Å²) in [5.41, 5.74) is 3.94. The number of pyridine rings is 2. The van der Waals surface area contributed by atoms with E-state index in [9.17, 15) is 9.90 Å². The molecule has 1 fully saturated rings. The molecule has 3 rings (SSSR count). The maximum atomic E-state index is 12.6. The lowest BCUT2D eigenvalue weighted by atomic mass is 9.82. The molecule has 37 heavy (non-hydrogen) atoms. The number of rotatable bonds is 8. The Hall–Kier alpha value is -2.38. The Morgan fingerprint density at radius 2 is 1.78 bits per heavy atom. The summed E-state index contributed by atoms with van der Waals surface area (Å²) in [6, 6.07) is 1.85. The summed E-state index contributed by atoms with van der Waals surface area (Å²) in [6.45, 7) is 20.2. The van der Waals surface area contributed by atoms with Crippen LogP contribution in [0.3, 0.4) is 0 Å². The second kappa shape index (κ2) is 11.2. The molecule has 8 heteroatoms. The lowest BCUT2D eigenvalue weighted by molar-refractivity contribution is -0.160. The third-order valence-electron chi connectivity index (χ3n) is 6.66. The number of carboxylic acid groups (broad SMARTS) is 1. The monoisotopic (exact) mass is 531 g/mol. The fourth-order valence-corrected chi connectivity index (χ4v) is 4.77. The highest BCUT2D eigenvalue weighted by molar-refractivity contribution is 6.32. The highest BCUT2D eigenvalue weighted by Gasteiger charge is 2.36. The Bertz CT molecular complexity index is 1130. The maximum Gasteiger partial charge on any atom is 0.337 e. The molecule has 2 aromatic heterocycles. The normalized spacial score (nSPS) is 16.7. The molecular weight excluding hydrogens is 490 g/mol. The largest absolute Gasteiger partial charge is 0.479 e. The molecule has 2 aromatic rings. The summed E-state index contributed by atoms with van der Waals surface area (Å²) < 4.78 is 12.0. The van der Waals surface area contributed by atoms with E-state index in [0.717, 1.165) is 48.4 Å². The second-order valence-electron chi connectivity index (χ2n) is 12.2. The van der Waals surface area contributed by atoms with Gasteiger partial charge in [0.25, 0.3) is 0 Å². The van der Waals surface area contributed by atoms with Crippen LogP contribution < -0.4 is 9.64 Å². The van der Waals surface area contributed by atoms with Crippen LogP contribution in [0.5, 0.6) is 5.88 Å². The standard InChI is InChI=1S/C29H42ClN3O4/c1-17(2)16-36-26-22(30)14-20(18(3)32-26)21-15-31-19(4)23(25(27(34)35)37-28(5,6)7)24(21)33-12-10-29(8,9)11-13-33/h14-15,17,25H,10-13,16H2,1-9H3,(H,34,35)/t25-/m0/s1. The van der Waals surface area contributed by atoms with Gasteiger partial charge >= 0.3 is 5.97 Å². The summed E-state index contributed by atoms with van der Waals surface area (Å²) in [6.07, 6.45) is 2.62. The van der Waals surface area contributed by atoms with Crippen molar-refractivity contribution in [3.05, 3.63) is 34.2 Å². The fourth-order valence-electron chi connectivity index (χ4n) is 4.56. The SMILES string of the molecule is Cc1nc(OCC(C)C)c(Cl)cc1-c1cnc(C)c([C@H](OC(C)(C)C)C(=O)O)c1N1CCC(C)(C)CC1. The number of aryl methyl sites for hydroxylation is 2. The Labute approximate surface area is 226 Å². The second-order valence-corrected chi connectivity index (χ2v) is 12.6. The average molecular weight is 532 g/mol.